The minimum atomic E-state index is -4.42. The third-order valence-corrected chi connectivity index (χ3v) is 6.20. The van der Waals surface area contributed by atoms with Crippen LogP contribution in [0.5, 0.6) is 0 Å². The largest absolute Gasteiger partial charge is 0.334 e. The number of alkyl halides is 5. The summed E-state index contributed by atoms with van der Waals surface area (Å²) in [6, 6.07) is 6.50. The van der Waals surface area contributed by atoms with E-state index in [0.717, 1.165) is 13.0 Å². The first-order valence-electron chi connectivity index (χ1n) is 9.59. The lowest BCUT2D eigenvalue weighted by molar-refractivity contribution is -0.318. The number of carbonyl (C=O) groups excluding carboxylic acids is 2. The molecule has 4 rings (SSSR count). The average Bonchev–Trinajstić information content (AvgIpc) is 2.73. The molecule has 2 aromatic rings. The molecule has 0 heterocycles. The molecule has 2 aliphatic carbocycles. The van der Waals surface area contributed by atoms with Crippen molar-refractivity contribution in [2.45, 2.75) is 43.8 Å². The summed E-state index contributed by atoms with van der Waals surface area (Å²) >= 11 is 6.09. The van der Waals surface area contributed by atoms with Crippen molar-refractivity contribution >= 4 is 29.1 Å². The number of hydrogen-bond donors (Lipinski definition) is 2. The molecule has 2 aromatic carbocycles. The van der Waals surface area contributed by atoms with E-state index >= 15 is 0 Å². The van der Waals surface area contributed by atoms with Crippen molar-refractivity contribution in [3.63, 3.8) is 0 Å². The summed E-state index contributed by atoms with van der Waals surface area (Å²) in [6.07, 6.45) is 0. The van der Waals surface area contributed by atoms with E-state index in [4.69, 9.17) is 16.9 Å². The molecule has 0 aromatic heterocycles. The first-order valence-corrected chi connectivity index (χ1v) is 9.97. The molecular weight excluding hydrogens is 469 g/mol. The van der Waals surface area contributed by atoms with Crippen molar-refractivity contribution in [3.8, 4) is 6.07 Å². The Labute approximate surface area is 189 Å². The van der Waals surface area contributed by atoms with E-state index in [1.165, 1.54) is 32.0 Å². The number of hydrogen-bond acceptors (Lipinski definition) is 3. The van der Waals surface area contributed by atoms with Crippen LogP contribution in [-0.4, -0.2) is 17.4 Å². The predicted octanol–water partition coefficient (Wildman–Crippen LogP) is 5.31. The fraction of sp³-hybridized carbons (Fsp3) is 0.318. The van der Waals surface area contributed by atoms with Crippen molar-refractivity contribution in [3.05, 3.63) is 62.7 Å². The van der Waals surface area contributed by atoms with Gasteiger partial charge in [-0.15, -0.1) is 0 Å². The predicted molar refractivity (Wildman–Crippen MR) is 108 cm³/mol. The molecule has 11 heteroatoms. The second-order valence-corrected chi connectivity index (χ2v) is 8.87. The lowest BCUT2D eigenvalue weighted by atomic mass is 9.54. The number of halogens is 6. The Hall–Kier alpha value is -3.19. The maximum absolute atomic E-state index is 14.4. The summed E-state index contributed by atoms with van der Waals surface area (Å²) in [5.74, 6) is -10.7. The van der Waals surface area contributed by atoms with Gasteiger partial charge in [0, 0.05) is 22.4 Å². The normalized spacial score (nSPS) is 21.1. The number of carbonyl (C=O) groups is 2. The molecule has 0 saturated heterocycles. The lowest BCUT2D eigenvalue weighted by Crippen LogP contribution is -2.67. The van der Waals surface area contributed by atoms with Gasteiger partial charge in [-0.3, -0.25) is 9.59 Å². The van der Waals surface area contributed by atoms with Gasteiger partial charge in [-0.25, -0.2) is 4.39 Å². The summed E-state index contributed by atoms with van der Waals surface area (Å²) in [5.41, 5.74) is -9.15. The number of nitrogens with one attached hydrogen (secondary N) is 2. The SMILES string of the molecule is Cc1c(NC(=O)c2cccc(Cl)c2C(=O)NC(C)(C)C#N)cc2c3c1C(F)(F)C3(F)C2(F)F. The van der Waals surface area contributed by atoms with Crippen LogP contribution in [0.3, 0.4) is 0 Å². The summed E-state index contributed by atoms with van der Waals surface area (Å²) < 4.78 is 71.3. The number of amides is 2. The highest BCUT2D eigenvalue weighted by Gasteiger charge is 2.87. The molecule has 2 N–H and O–H groups in total. The third-order valence-electron chi connectivity index (χ3n) is 5.89. The minimum absolute atomic E-state index is 0.134. The van der Waals surface area contributed by atoms with Crippen molar-refractivity contribution < 1.29 is 31.5 Å². The molecule has 0 radical (unpaired) electrons. The van der Waals surface area contributed by atoms with Gasteiger partial charge in [-0.2, -0.15) is 22.8 Å². The molecule has 1 atom stereocenters. The van der Waals surface area contributed by atoms with Gasteiger partial charge in [0.15, 0.2) is 0 Å². The maximum atomic E-state index is 14.4. The van der Waals surface area contributed by atoms with Crippen molar-refractivity contribution in [1.29, 1.82) is 5.26 Å². The van der Waals surface area contributed by atoms with Gasteiger partial charge >= 0.3 is 11.8 Å². The molecule has 2 aliphatic rings. The Balaban J connectivity index is 1.74. The van der Waals surface area contributed by atoms with Crippen LogP contribution < -0.4 is 10.6 Å². The van der Waals surface area contributed by atoms with E-state index in [9.17, 15) is 31.5 Å². The monoisotopic (exact) mass is 483 g/mol. The standard InChI is InChI=1S/C22H15ClF5N3O2/c1-9-13(7-11-16-15(9)22(27,28)20(16,24)21(11,25)26)30-17(32)10-5-4-6-12(23)14(10)18(33)31-19(2,3)8-29/h4-7H,1-3H3,(H,30,32)(H,31,33). The van der Waals surface area contributed by atoms with Crippen LogP contribution in [0.4, 0.5) is 27.6 Å². The van der Waals surface area contributed by atoms with E-state index in [1.807, 2.05) is 6.07 Å². The zero-order chi connectivity index (χ0) is 24.7. The quantitative estimate of drug-likeness (QED) is 0.578. The van der Waals surface area contributed by atoms with Crippen LogP contribution in [0.2, 0.25) is 5.02 Å². The van der Waals surface area contributed by atoms with Crippen LogP contribution in [0.1, 0.15) is 56.8 Å². The van der Waals surface area contributed by atoms with Gasteiger partial charge in [0.25, 0.3) is 17.5 Å². The fourth-order valence-corrected chi connectivity index (χ4v) is 4.42. The number of rotatable bonds is 4. The molecule has 0 spiro atoms. The molecule has 5 nitrogen and oxygen atoms in total. The summed E-state index contributed by atoms with van der Waals surface area (Å²) in [6.45, 7) is 3.98. The number of nitriles is 1. The van der Waals surface area contributed by atoms with Gasteiger partial charge in [0.05, 0.1) is 22.2 Å². The number of anilines is 1. The summed E-state index contributed by atoms with van der Waals surface area (Å²) in [5, 5.41) is 13.6. The lowest BCUT2D eigenvalue weighted by Gasteiger charge is -2.57. The van der Waals surface area contributed by atoms with Crippen molar-refractivity contribution in [2.24, 2.45) is 0 Å². The second-order valence-electron chi connectivity index (χ2n) is 8.46. The zero-order valence-corrected chi connectivity index (χ0v) is 18.1. The van der Waals surface area contributed by atoms with Crippen LogP contribution in [0.25, 0.3) is 0 Å². The molecule has 172 valence electrons. The van der Waals surface area contributed by atoms with Crippen LogP contribution >= 0.6 is 11.6 Å². The van der Waals surface area contributed by atoms with Crippen LogP contribution in [-0.2, 0) is 17.5 Å². The Bertz CT molecular complexity index is 1300. The Kier molecular flexibility index (Phi) is 4.64. The molecule has 0 fully saturated rings. The van der Waals surface area contributed by atoms with E-state index in [1.54, 1.807) is 0 Å². The average molecular weight is 484 g/mol. The molecule has 0 bridgehead atoms. The Morgan fingerprint density at radius 3 is 2.30 bits per heavy atom. The Morgan fingerprint density at radius 1 is 1.06 bits per heavy atom. The highest BCUT2D eigenvalue weighted by Crippen LogP contribution is 2.77. The van der Waals surface area contributed by atoms with E-state index in [2.05, 4.69) is 10.6 Å². The fourth-order valence-electron chi connectivity index (χ4n) is 4.16. The summed E-state index contributed by atoms with van der Waals surface area (Å²) in [7, 11) is 0. The first kappa shape index (κ1) is 23.0. The molecule has 2 amide bonds. The Morgan fingerprint density at radius 2 is 1.70 bits per heavy atom. The second kappa shape index (κ2) is 6.67. The smallest absolute Gasteiger partial charge is 0.317 e. The van der Waals surface area contributed by atoms with E-state index in [-0.39, 0.29) is 27.4 Å². The van der Waals surface area contributed by atoms with Crippen molar-refractivity contribution in [2.75, 3.05) is 5.32 Å². The topological polar surface area (TPSA) is 82.0 Å². The third kappa shape index (κ3) is 2.75. The van der Waals surface area contributed by atoms with Gasteiger partial charge in [0.1, 0.15) is 5.54 Å². The van der Waals surface area contributed by atoms with Crippen LogP contribution in [0, 0.1) is 18.3 Å². The molecule has 33 heavy (non-hydrogen) atoms. The number of benzene rings is 2. The van der Waals surface area contributed by atoms with Crippen molar-refractivity contribution in [1.82, 2.24) is 5.32 Å². The van der Waals surface area contributed by atoms with Gasteiger partial charge in [-0.05, 0) is 44.5 Å². The molecular formula is C22H15ClF5N3O2. The number of nitrogens with zero attached hydrogens (tertiary/aromatic N) is 1. The first-order chi connectivity index (χ1) is 15.1. The highest BCUT2D eigenvalue weighted by molar-refractivity contribution is 6.35. The van der Waals surface area contributed by atoms with Gasteiger partial charge in [-0.1, -0.05) is 17.7 Å². The minimum Gasteiger partial charge on any atom is -0.334 e. The van der Waals surface area contributed by atoms with Gasteiger partial charge in [0.2, 0.25) is 0 Å². The van der Waals surface area contributed by atoms with E-state index in [0.29, 0.717) is 0 Å². The summed E-state index contributed by atoms with van der Waals surface area (Å²) in [4.78, 5) is 25.6. The van der Waals surface area contributed by atoms with E-state index < -0.39 is 51.6 Å². The molecule has 0 aliphatic heterocycles. The maximum Gasteiger partial charge on any atom is 0.317 e. The molecule has 0 saturated carbocycles. The highest BCUT2D eigenvalue weighted by atomic mass is 35.5. The molecule has 1 unspecified atom stereocenters. The van der Waals surface area contributed by atoms with Crippen LogP contribution in [0.15, 0.2) is 24.3 Å². The zero-order valence-electron chi connectivity index (χ0n) is 17.3. The van der Waals surface area contributed by atoms with Gasteiger partial charge < -0.3 is 10.6 Å².